The van der Waals surface area contributed by atoms with Crippen molar-refractivity contribution in [3.05, 3.63) is 77.4 Å². The van der Waals surface area contributed by atoms with E-state index in [1.165, 1.54) is 0 Å². The number of hydrogen-bond donors (Lipinski definition) is 1. The quantitative estimate of drug-likeness (QED) is 0.571. The molecule has 0 saturated carbocycles. The van der Waals surface area contributed by atoms with Crippen molar-refractivity contribution < 1.29 is 8.42 Å². The van der Waals surface area contributed by atoms with Crippen molar-refractivity contribution in [2.45, 2.75) is 10.6 Å². The highest BCUT2D eigenvalue weighted by atomic mass is 35.5. The maximum absolute atomic E-state index is 12.8. The second-order valence-electron chi connectivity index (χ2n) is 5.83. The average Bonchev–Trinajstić information content (AvgIpc) is 3.07. The van der Waals surface area contributed by atoms with Crippen LogP contribution in [0.2, 0.25) is 5.02 Å². The minimum absolute atomic E-state index is 0.153. The third-order valence-electron chi connectivity index (χ3n) is 4.02. The molecule has 0 fully saturated rings. The van der Waals surface area contributed by atoms with Crippen molar-refractivity contribution in [2.75, 3.05) is 0 Å². The topological polar surface area (TPSA) is 75.7 Å². The van der Waals surface area contributed by atoms with E-state index in [1.54, 1.807) is 48.7 Å². The van der Waals surface area contributed by atoms with Crippen LogP contribution in [0, 0.1) is 0 Å². The van der Waals surface area contributed by atoms with Crippen LogP contribution in [-0.2, 0) is 15.6 Å². The molecule has 4 rings (SSSR count). The van der Waals surface area contributed by atoms with Gasteiger partial charge in [0, 0.05) is 11.2 Å². The van der Waals surface area contributed by atoms with E-state index in [0.717, 1.165) is 0 Å². The molecule has 4 aromatic rings. The van der Waals surface area contributed by atoms with Gasteiger partial charge >= 0.3 is 0 Å². The highest BCUT2D eigenvalue weighted by molar-refractivity contribution is 7.90. The third kappa shape index (κ3) is 3.21. The molecule has 1 N–H and O–H groups in total. The van der Waals surface area contributed by atoms with E-state index in [2.05, 4.69) is 15.0 Å². The molecule has 0 aliphatic heterocycles. The molecule has 0 radical (unpaired) electrons. The summed E-state index contributed by atoms with van der Waals surface area (Å²) in [7, 11) is -3.53. The number of aromatic amines is 1. The Balaban J connectivity index is 1.72. The Labute approximate surface area is 155 Å². The number of aromatic nitrogens is 3. The van der Waals surface area contributed by atoms with Crippen LogP contribution in [0.3, 0.4) is 0 Å². The molecule has 0 unspecified atom stereocenters. The molecule has 26 heavy (non-hydrogen) atoms. The van der Waals surface area contributed by atoms with Gasteiger partial charge in [0.25, 0.3) is 0 Å². The Hall–Kier alpha value is -2.70. The van der Waals surface area contributed by atoms with E-state index in [9.17, 15) is 8.42 Å². The molecule has 0 spiro atoms. The molecule has 0 amide bonds. The van der Waals surface area contributed by atoms with Crippen LogP contribution >= 0.6 is 11.6 Å². The number of benzene rings is 2. The Kier molecular flexibility index (Phi) is 4.22. The van der Waals surface area contributed by atoms with E-state index in [4.69, 9.17) is 11.6 Å². The molecule has 0 aliphatic carbocycles. The lowest BCUT2D eigenvalue weighted by molar-refractivity contribution is 0.595. The molecule has 5 nitrogen and oxygen atoms in total. The summed E-state index contributed by atoms with van der Waals surface area (Å²) in [6.45, 7) is 0. The third-order valence-corrected chi connectivity index (χ3v) is 6.06. The molecule has 7 heteroatoms. The fraction of sp³-hybridized carbons (Fsp3) is 0.0526. The number of pyridine rings is 1. The van der Waals surface area contributed by atoms with Crippen LogP contribution in [-0.4, -0.2) is 23.4 Å². The summed E-state index contributed by atoms with van der Waals surface area (Å²) in [6.07, 6.45) is 1.68. The monoisotopic (exact) mass is 383 g/mol. The minimum Gasteiger partial charge on any atom is -0.337 e. The summed E-state index contributed by atoms with van der Waals surface area (Å²) in [6, 6.07) is 17.3. The summed E-state index contributed by atoms with van der Waals surface area (Å²) in [4.78, 5) is 12.1. The second kappa shape index (κ2) is 6.55. The van der Waals surface area contributed by atoms with Crippen molar-refractivity contribution in [1.82, 2.24) is 15.0 Å². The molecule has 130 valence electrons. The van der Waals surface area contributed by atoms with E-state index in [0.29, 0.717) is 33.1 Å². The summed E-state index contributed by atoms with van der Waals surface area (Å²) < 4.78 is 25.5. The maximum atomic E-state index is 12.8. The van der Waals surface area contributed by atoms with Crippen LogP contribution in [0.4, 0.5) is 0 Å². The molecular weight excluding hydrogens is 370 g/mol. The van der Waals surface area contributed by atoms with Gasteiger partial charge in [0.15, 0.2) is 15.7 Å². The molecule has 2 aromatic carbocycles. The lowest BCUT2D eigenvalue weighted by Crippen LogP contribution is -2.05. The first-order chi connectivity index (χ1) is 12.5. The van der Waals surface area contributed by atoms with Crippen LogP contribution in [0.15, 0.2) is 71.8 Å². The average molecular weight is 384 g/mol. The van der Waals surface area contributed by atoms with Crippen LogP contribution in [0.25, 0.3) is 22.6 Å². The van der Waals surface area contributed by atoms with E-state index >= 15 is 0 Å². The fourth-order valence-electron chi connectivity index (χ4n) is 2.71. The number of nitrogens with zero attached hydrogens (tertiary/aromatic N) is 2. The Morgan fingerprint density at radius 2 is 1.81 bits per heavy atom. The number of H-pyrrole nitrogens is 1. The molecule has 0 atom stereocenters. The maximum Gasteiger partial charge on any atom is 0.182 e. The predicted molar refractivity (Wildman–Crippen MR) is 102 cm³/mol. The van der Waals surface area contributed by atoms with Crippen molar-refractivity contribution in [1.29, 1.82) is 0 Å². The van der Waals surface area contributed by atoms with Crippen molar-refractivity contribution in [2.24, 2.45) is 0 Å². The van der Waals surface area contributed by atoms with Crippen molar-refractivity contribution in [3.8, 4) is 11.5 Å². The normalized spacial score (nSPS) is 11.7. The highest BCUT2D eigenvalue weighted by Crippen LogP contribution is 2.25. The summed E-state index contributed by atoms with van der Waals surface area (Å²) >= 11 is 6.10. The Morgan fingerprint density at radius 1 is 1.00 bits per heavy atom. The van der Waals surface area contributed by atoms with Gasteiger partial charge in [0.1, 0.15) is 5.69 Å². The SMILES string of the molecule is O=S(=O)(Cc1ccccc1Cl)c1ccc2nc(-c3ccccn3)[nH]c2c1. The van der Waals surface area contributed by atoms with E-state index in [1.807, 2.05) is 18.2 Å². The molecule has 2 heterocycles. The van der Waals surface area contributed by atoms with Crippen molar-refractivity contribution in [3.63, 3.8) is 0 Å². The second-order valence-corrected chi connectivity index (χ2v) is 8.23. The molecule has 0 bridgehead atoms. The largest absolute Gasteiger partial charge is 0.337 e. The Morgan fingerprint density at radius 3 is 2.58 bits per heavy atom. The summed E-state index contributed by atoms with van der Waals surface area (Å²) in [5.41, 5.74) is 2.60. The standard InChI is InChI=1S/C19H14ClN3O2S/c20-15-6-2-1-5-13(15)12-26(24,25)14-8-9-16-18(11-14)23-19(22-16)17-7-3-4-10-21-17/h1-11H,12H2,(H,22,23). The lowest BCUT2D eigenvalue weighted by Gasteiger charge is -2.06. The van der Waals surface area contributed by atoms with Gasteiger partial charge < -0.3 is 4.98 Å². The van der Waals surface area contributed by atoms with Crippen LogP contribution in [0.5, 0.6) is 0 Å². The summed E-state index contributed by atoms with van der Waals surface area (Å²) in [5.74, 6) is 0.445. The molecule has 0 aliphatic rings. The lowest BCUT2D eigenvalue weighted by atomic mass is 10.2. The first-order valence-corrected chi connectivity index (χ1v) is 9.93. The van der Waals surface area contributed by atoms with Gasteiger partial charge in [0.2, 0.25) is 0 Å². The zero-order valence-electron chi connectivity index (χ0n) is 13.6. The molecule has 2 aromatic heterocycles. The molecule has 0 saturated heterocycles. The van der Waals surface area contributed by atoms with Crippen molar-refractivity contribution >= 4 is 32.5 Å². The van der Waals surface area contributed by atoms with Gasteiger partial charge in [-0.25, -0.2) is 13.4 Å². The number of hydrogen-bond acceptors (Lipinski definition) is 4. The van der Waals surface area contributed by atoms with Gasteiger partial charge in [-0.3, -0.25) is 4.98 Å². The number of imidazole rings is 1. The summed E-state index contributed by atoms with van der Waals surface area (Å²) in [5, 5.41) is 0.441. The number of rotatable bonds is 4. The number of nitrogens with one attached hydrogen (secondary N) is 1. The first kappa shape index (κ1) is 16.8. The Bertz CT molecular complexity index is 1190. The fourth-order valence-corrected chi connectivity index (χ4v) is 4.39. The smallest absolute Gasteiger partial charge is 0.182 e. The predicted octanol–water partition coefficient (Wildman–Crippen LogP) is 4.25. The minimum atomic E-state index is -3.53. The molecular formula is C19H14ClN3O2S. The first-order valence-electron chi connectivity index (χ1n) is 7.90. The van der Waals surface area contributed by atoms with Crippen LogP contribution in [0.1, 0.15) is 5.56 Å². The van der Waals surface area contributed by atoms with Gasteiger partial charge in [-0.1, -0.05) is 35.9 Å². The number of sulfone groups is 1. The van der Waals surface area contributed by atoms with Gasteiger partial charge in [0.05, 0.1) is 21.7 Å². The highest BCUT2D eigenvalue weighted by Gasteiger charge is 2.18. The number of halogens is 1. The van der Waals surface area contributed by atoms with Crippen LogP contribution < -0.4 is 0 Å². The van der Waals surface area contributed by atoms with E-state index in [-0.39, 0.29) is 10.6 Å². The van der Waals surface area contributed by atoms with Gasteiger partial charge in [-0.05, 0) is 42.0 Å². The van der Waals surface area contributed by atoms with Gasteiger partial charge in [-0.15, -0.1) is 0 Å². The number of fused-ring (bicyclic) bond motifs is 1. The zero-order chi connectivity index (χ0) is 18.1. The zero-order valence-corrected chi connectivity index (χ0v) is 15.1. The van der Waals surface area contributed by atoms with E-state index < -0.39 is 9.84 Å². The van der Waals surface area contributed by atoms with Gasteiger partial charge in [-0.2, -0.15) is 0 Å².